The third-order valence-electron chi connectivity index (χ3n) is 4.69. The number of ether oxygens (including phenoxy) is 1. The van der Waals surface area contributed by atoms with E-state index in [2.05, 4.69) is 16.0 Å². The molecular formula is C23H21ClN2O2. The number of phenolic OH excluding ortho intramolecular Hbond substituents is 1. The molecule has 4 nitrogen and oxygen atoms in total. The van der Waals surface area contributed by atoms with E-state index in [9.17, 15) is 5.11 Å². The van der Waals surface area contributed by atoms with E-state index in [-0.39, 0.29) is 5.75 Å². The van der Waals surface area contributed by atoms with Crippen LogP contribution in [-0.4, -0.2) is 34.7 Å². The zero-order valence-corrected chi connectivity index (χ0v) is 16.1. The fraction of sp³-hybridized carbons (Fsp3) is 0.174. The van der Waals surface area contributed by atoms with E-state index in [4.69, 9.17) is 16.3 Å². The minimum atomic E-state index is 0.157. The van der Waals surface area contributed by atoms with E-state index in [0.717, 1.165) is 33.8 Å². The molecule has 1 aliphatic heterocycles. The lowest BCUT2D eigenvalue weighted by molar-refractivity contribution is 0.238. The lowest BCUT2D eigenvalue weighted by Crippen LogP contribution is -2.27. The van der Waals surface area contributed by atoms with Gasteiger partial charge in [0.2, 0.25) is 0 Å². The highest BCUT2D eigenvalue weighted by molar-refractivity contribution is 6.31. The largest absolute Gasteiger partial charge is 0.504 e. The van der Waals surface area contributed by atoms with Crippen LogP contribution in [0.5, 0.6) is 11.5 Å². The van der Waals surface area contributed by atoms with Crippen LogP contribution >= 0.6 is 11.6 Å². The van der Waals surface area contributed by atoms with Crippen LogP contribution in [0.2, 0.25) is 0 Å². The summed E-state index contributed by atoms with van der Waals surface area (Å²) in [6.07, 6.45) is 5.51. The first-order chi connectivity index (χ1) is 13.7. The number of rotatable bonds is 4. The molecule has 0 saturated heterocycles. The first kappa shape index (κ1) is 18.5. The van der Waals surface area contributed by atoms with Gasteiger partial charge in [-0.1, -0.05) is 48.0 Å². The van der Waals surface area contributed by atoms with E-state index in [0.29, 0.717) is 25.4 Å². The molecule has 3 aromatic rings. The smallest absolute Gasteiger partial charge is 0.165 e. The van der Waals surface area contributed by atoms with Crippen molar-refractivity contribution in [1.82, 2.24) is 9.88 Å². The van der Waals surface area contributed by atoms with Crippen molar-refractivity contribution in [3.63, 3.8) is 0 Å². The minimum Gasteiger partial charge on any atom is -0.504 e. The Morgan fingerprint density at radius 2 is 2.00 bits per heavy atom. The molecular weight excluding hydrogens is 372 g/mol. The molecule has 0 radical (unpaired) electrons. The van der Waals surface area contributed by atoms with Gasteiger partial charge in [0.05, 0.1) is 0 Å². The van der Waals surface area contributed by atoms with Gasteiger partial charge in [-0.15, -0.1) is 0 Å². The quantitative estimate of drug-likeness (QED) is 0.683. The van der Waals surface area contributed by atoms with Crippen molar-refractivity contribution >= 4 is 17.7 Å². The fourth-order valence-electron chi connectivity index (χ4n) is 3.38. The molecule has 0 spiro atoms. The second-order valence-corrected chi connectivity index (χ2v) is 7.27. The van der Waals surface area contributed by atoms with Crippen molar-refractivity contribution in [2.75, 3.05) is 19.7 Å². The molecule has 0 saturated carbocycles. The molecule has 0 unspecified atom stereocenters. The van der Waals surface area contributed by atoms with Crippen molar-refractivity contribution in [2.24, 2.45) is 0 Å². The van der Waals surface area contributed by atoms with E-state index < -0.39 is 0 Å². The molecule has 1 N–H and O–H groups in total. The molecule has 2 heterocycles. The maximum absolute atomic E-state index is 10.5. The van der Waals surface area contributed by atoms with Gasteiger partial charge in [0.1, 0.15) is 6.61 Å². The number of pyridine rings is 1. The predicted molar refractivity (Wildman–Crippen MR) is 112 cm³/mol. The summed E-state index contributed by atoms with van der Waals surface area (Å²) in [5.41, 5.74) is 3.90. The van der Waals surface area contributed by atoms with E-state index in [1.165, 1.54) is 0 Å². The average molecular weight is 393 g/mol. The Morgan fingerprint density at radius 3 is 2.79 bits per heavy atom. The highest BCUT2D eigenvalue weighted by Gasteiger charge is 2.20. The molecule has 0 fully saturated rings. The topological polar surface area (TPSA) is 45.6 Å². The maximum atomic E-state index is 10.5. The Labute approximate surface area is 169 Å². The summed E-state index contributed by atoms with van der Waals surface area (Å²) in [6.45, 7) is 2.50. The Kier molecular flexibility index (Phi) is 5.60. The van der Waals surface area contributed by atoms with Gasteiger partial charge in [-0.25, -0.2) is 0 Å². The zero-order valence-electron chi connectivity index (χ0n) is 15.4. The summed E-state index contributed by atoms with van der Waals surface area (Å²) in [7, 11) is 0. The summed E-state index contributed by atoms with van der Waals surface area (Å²) >= 11 is 6.51. The van der Waals surface area contributed by atoms with Gasteiger partial charge in [0, 0.05) is 48.2 Å². The summed E-state index contributed by atoms with van der Waals surface area (Å²) < 4.78 is 5.83. The van der Waals surface area contributed by atoms with E-state index in [1.807, 2.05) is 48.5 Å². The van der Waals surface area contributed by atoms with Crippen molar-refractivity contribution in [1.29, 1.82) is 0 Å². The van der Waals surface area contributed by atoms with E-state index in [1.54, 1.807) is 18.5 Å². The number of hydrogen-bond acceptors (Lipinski definition) is 4. The van der Waals surface area contributed by atoms with Crippen LogP contribution in [0.15, 0.2) is 72.0 Å². The average Bonchev–Trinajstić information content (AvgIpc) is 2.91. The normalized spacial score (nSPS) is 14.8. The monoisotopic (exact) mass is 392 g/mol. The van der Waals surface area contributed by atoms with Gasteiger partial charge >= 0.3 is 0 Å². The lowest BCUT2D eigenvalue weighted by atomic mass is 10.0. The number of nitrogens with zero attached hydrogens (tertiary/aromatic N) is 2. The Bertz CT molecular complexity index is 975. The van der Waals surface area contributed by atoms with Crippen LogP contribution in [0.3, 0.4) is 0 Å². The molecule has 142 valence electrons. The van der Waals surface area contributed by atoms with Gasteiger partial charge < -0.3 is 9.84 Å². The van der Waals surface area contributed by atoms with E-state index >= 15 is 0 Å². The van der Waals surface area contributed by atoms with Gasteiger partial charge in [-0.05, 0) is 35.4 Å². The molecule has 5 heteroatoms. The zero-order chi connectivity index (χ0) is 19.3. The van der Waals surface area contributed by atoms with Crippen molar-refractivity contribution < 1.29 is 9.84 Å². The molecule has 1 aromatic heterocycles. The molecule has 4 rings (SSSR count). The highest BCUT2D eigenvalue weighted by Crippen LogP contribution is 2.37. The molecule has 28 heavy (non-hydrogen) atoms. The summed E-state index contributed by atoms with van der Waals surface area (Å²) in [6, 6.07) is 17.7. The number of hydrogen-bond donors (Lipinski definition) is 1. The minimum absolute atomic E-state index is 0.157. The molecule has 0 atom stereocenters. The highest BCUT2D eigenvalue weighted by atomic mass is 35.5. The number of fused-ring (bicyclic) bond motifs is 1. The standard InChI is InChI=1S/C23H21ClN2O2/c24-21(11-17-5-2-1-3-6-17)16-26-9-10-28-23-20(15-26)12-19(13-22(23)27)18-7-4-8-25-14-18/h1-8,11-14,27H,9-10,15-16H2. The van der Waals surface area contributed by atoms with Crippen LogP contribution in [-0.2, 0) is 6.54 Å². The van der Waals surface area contributed by atoms with Gasteiger partial charge in [0.25, 0.3) is 0 Å². The second kappa shape index (κ2) is 8.46. The van der Waals surface area contributed by atoms with Gasteiger partial charge in [0.15, 0.2) is 11.5 Å². The Balaban J connectivity index is 1.57. The SMILES string of the molecule is Oc1cc(-c2cccnc2)cc2c1OCCN(CC(Cl)=Cc1ccccc1)C2. The molecule has 2 aromatic carbocycles. The first-order valence-electron chi connectivity index (χ1n) is 9.21. The molecule has 1 aliphatic rings. The van der Waals surface area contributed by atoms with Crippen molar-refractivity contribution in [2.45, 2.75) is 6.54 Å². The number of phenols is 1. The van der Waals surface area contributed by atoms with Crippen LogP contribution in [0.4, 0.5) is 0 Å². The molecule has 0 bridgehead atoms. The summed E-state index contributed by atoms with van der Waals surface area (Å²) in [4.78, 5) is 6.39. The van der Waals surface area contributed by atoms with Crippen LogP contribution < -0.4 is 4.74 Å². The number of halogens is 1. The first-order valence-corrected chi connectivity index (χ1v) is 9.59. The van der Waals surface area contributed by atoms with Crippen molar-refractivity contribution in [3.8, 4) is 22.6 Å². The third-order valence-corrected chi connectivity index (χ3v) is 4.92. The second-order valence-electron chi connectivity index (χ2n) is 6.79. The summed E-state index contributed by atoms with van der Waals surface area (Å²) in [5.74, 6) is 0.711. The van der Waals surface area contributed by atoms with Crippen LogP contribution in [0, 0.1) is 0 Å². The maximum Gasteiger partial charge on any atom is 0.165 e. The molecule has 0 aliphatic carbocycles. The predicted octanol–water partition coefficient (Wildman–Crippen LogP) is 4.93. The Morgan fingerprint density at radius 1 is 1.14 bits per heavy atom. The van der Waals surface area contributed by atoms with Gasteiger partial charge in [-0.2, -0.15) is 0 Å². The van der Waals surface area contributed by atoms with Crippen LogP contribution in [0.25, 0.3) is 17.2 Å². The number of benzene rings is 2. The van der Waals surface area contributed by atoms with Gasteiger partial charge in [-0.3, -0.25) is 9.88 Å². The number of aromatic nitrogens is 1. The summed E-state index contributed by atoms with van der Waals surface area (Å²) in [5, 5.41) is 11.3. The van der Waals surface area contributed by atoms with Crippen molar-refractivity contribution in [3.05, 3.63) is 83.2 Å². The van der Waals surface area contributed by atoms with Crippen LogP contribution in [0.1, 0.15) is 11.1 Å². The third kappa shape index (κ3) is 4.35. The molecule has 0 amide bonds. The number of aromatic hydroxyl groups is 1. The fourth-order valence-corrected chi connectivity index (χ4v) is 3.67. The lowest BCUT2D eigenvalue weighted by Gasteiger charge is -2.19. The Hall–Kier alpha value is -2.82.